The molecular weight excluding hydrogens is 254 g/mol. The monoisotopic (exact) mass is 271 g/mol. The number of amides is 2. The highest BCUT2D eigenvalue weighted by atomic mass is 16.2. The molecule has 0 aliphatic carbocycles. The van der Waals surface area contributed by atoms with Crippen LogP contribution in [0.5, 0.6) is 0 Å². The third kappa shape index (κ3) is 2.43. The van der Waals surface area contributed by atoms with Crippen molar-refractivity contribution in [2.24, 2.45) is 5.10 Å². The number of hydrazone groups is 1. The first-order valence-electron chi connectivity index (χ1n) is 7.00. The molecule has 0 N–H and O–H groups in total. The van der Waals surface area contributed by atoms with Crippen LogP contribution in [0.25, 0.3) is 0 Å². The number of hydrogen-bond donors (Lipinski definition) is 0. The van der Waals surface area contributed by atoms with Crippen LogP contribution in [-0.2, 0) is 9.59 Å². The van der Waals surface area contributed by atoms with Gasteiger partial charge in [0.1, 0.15) is 5.71 Å². The summed E-state index contributed by atoms with van der Waals surface area (Å²) in [5, 5.41) is 5.64. The van der Waals surface area contributed by atoms with E-state index in [4.69, 9.17) is 0 Å². The van der Waals surface area contributed by atoms with Crippen LogP contribution >= 0.6 is 0 Å². The lowest BCUT2D eigenvalue weighted by Crippen LogP contribution is -2.40. The van der Waals surface area contributed by atoms with Crippen LogP contribution in [0.4, 0.5) is 5.69 Å². The van der Waals surface area contributed by atoms with E-state index in [1.807, 2.05) is 35.2 Å². The Bertz CT molecular complexity index is 547. The maximum absolute atomic E-state index is 12.3. The van der Waals surface area contributed by atoms with Gasteiger partial charge < -0.3 is 4.90 Å². The van der Waals surface area contributed by atoms with E-state index >= 15 is 0 Å². The summed E-state index contributed by atoms with van der Waals surface area (Å²) < 4.78 is 0. The highest BCUT2D eigenvalue weighted by Gasteiger charge is 2.29. The SMILES string of the molecule is O=C(C1=NN(c2ccccc2)C(=O)CC1)N1CCCC1. The predicted molar refractivity (Wildman–Crippen MR) is 76.4 cm³/mol. The van der Waals surface area contributed by atoms with Crippen LogP contribution in [0.3, 0.4) is 0 Å². The van der Waals surface area contributed by atoms with Gasteiger partial charge in [0.2, 0.25) is 5.91 Å². The van der Waals surface area contributed by atoms with Crippen LogP contribution in [0.2, 0.25) is 0 Å². The first kappa shape index (κ1) is 12.8. The first-order valence-corrected chi connectivity index (χ1v) is 7.00. The summed E-state index contributed by atoms with van der Waals surface area (Å²) in [6.07, 6.45) is 2.89. The zero-order valence-corrected chi connectivity index (χ0v) is 11.3. The lowest BCUT2D eigenvalue weighted by Gasteiger charge is -2.25. The van der Waals surface area contributed by atoms with Crippen LogP contribution in [0.15, 0.2) is 35.4 Å². The molecule has 1 fully saturated rings. The third-order valence-corrected chi connectivity index (χ3v) is 3.67. The van der Waals surface area contributed by atoms with E-state index in [0.29, 0.717) is 24.2 Å². The second-order valence-corrected chi connectivity index (χ2v) is 5.09. The van der Waals surface area contributed by atoms with Crippen molar-refractivity contribution in [1.82, 2.24) is 4.90 Å². The van der Waals surface area contributed by atoms with Crippen molar-refractivity contribution in [2.45, 2.75) is 25.7 Å². The van der Waals surface area contributed by atoms with E-state index < -0.39 is 0 Å². The second-order valence-electron chi connectivity index (χ2n) is 5.09. The van der Waals surface area contributed by atoms with Gasteiger partial charge in [-0.1, -0.05) is 18.2 Å². The van der Waals surface area contributed by atoms with Gasteiger partial charge in [0.25, 0.3) is 5.91 Å². The largest absolute Gasteiger partial charge is 0.338 e. The number of likely N-dealkylation sites (tertiary alicyclic amines) is 1. The van der Waals surface area contributed by atoms with Crippen molar-refractivity contribution in [3.05, 3.63) is 30.3 Å². The Kier molecular flexibility index (Phi) is 3.50. The predicted octanol–water partition coefficient (Wildman–Crippen LogP) is 1.79. The Morgan fingerprint density at radius 1 is 1.05 bits per heavy atom. The van der Waals surface area contributed by atoms with Gasteiger partial charge in [0.05, 0.1) is 5.69 Å². The minimum atomic E-state index is -0.0610. The van der Waals surface area contributed by atoms with Gasteiger partial charge in [0, 0.05) is 25.9 Å². The molecule has 2 aliphatic heterocycles. The Morgan fingerprint density at radius 2 is 1.75 bits per heavy atom. The number of carbonyl (C=O) groups excluding carboxylic acids is 2. The molecule has 0 radical (unpaired) electrons. The lowest BCUT2D eigenvalue weighted by molar-refractivity contribution is -0.123. The van der Waals surface area contributed by atoms with Gasteiger partial charge in [-0.25, -0.2) is 5.01 Å². The van der Waals surface area contributed by atoms with E-state index in [1.165, 1.54) is 5.01 Å². The van der Waals surface area contributed by atoms with Crippen LogP contribution < -0.4 is 5.01 Å². The van der Waals surface area contributed by atoms with E-state index in [2.05, 4.69) is 5.10 Å². The molecule has 0 unspecified atom stereocenters. The van der Waals surface area contributed by atoms with Gasteiger partial charge in [0.15, 0.2) is 0 Å². The lowest BCUT2D eigenvalue weighted by atomic mass is 10.1. The van der Waals surface area contributed by atoms with Crippen molar-refractivity contribution in [3.63, 3.8) is 0 Å². The van der Waals surface area contributed by atoms with E-state index in [-0.39, 0.29) is 11.8 Å². The zero-order chi connectivity index (χ0) is 13.9. The van der Waals surface area contributed by atoms with Crippen molar-refractivity contribution in [1.29, 1.82) is 0 Å². The third-order valence-electron chi connectivity index (χ3n) is 3.67. The van der Waals surface area contributed by atoms with E-state index in [1.54, 1.807) is 0 Å². The average molecular weight is 271 g/mol. The van der Waals surface area contributed by atoms with Gasteiger partial charge in [-0.3, -0.25) is 9.59 Å². The van der Waals surface area contributed by atoms with Crippen LogP contribution in [-0.4, -0.2) is 35.5 Å². The fourth-order valence-electron chi connectivity index (χ4n) is 2.58. The Hall–Kier alpha value is -2.17. The highest BCUT2D eigenvalue weighted by Crippen LogP contribution is 2.21. The number of carbonyl (C=O) groups is 2. The molecule has 2 heterocycles. The Morgan fingerprint density at radius 3 is 2.45 bits per heavy atom. The summed E-state index contributed by atoms with van der Waals surface area (Å²) in [5.74, 6) is -0.0786. The number of hydrogen-bond acceptors (Lipinski definition) is 3. The number of nitrogens with zero attached hydrogens (tertiary/aromatic N) is 3. The molecule has 0 bridgehead atoms. The molecule has 5 nitrogen and oxygen atoms in total. The smallest absolute Gasteiger partial charge is 0.270 e. The maximum atomic E-state index is 12.3. The maximum Gasteiger partial charge on any atom is 0.270 e. The molecule has 104 valence electrons. The normalized spacial score (nSPS) is 19.2. The fourth-order valence-corrected chi connectivity index (χ4v) is 2.58. The molecule has 1 saturated heterocycles. The molecule has 20 heavy (non-hydrogen) atoms. The summed E-state index contributed by atoms with van der Waals surface area (Å²) in [5.41, 5.74) is 1.21. The van der Waals surface area contributed by atoms with Crippen molar-refractivity contribution in [3.8, 4) is 0 Å². The number of benzene rings is 1. The molecule has 0 saturated carbocycles. The number of para-hydroxylation sites is 1. The summed E-state index contributed by atoms with van der Waals surface area (Å²) in [6.45, 7) is 1.61. The van der Waals surface area contributed by atoms with E-state index in [0.717, 1.165) is 25.9 Å². The molecule has 0 spiro atoms. The summed E-state index contributed by atoms with van der Waals surface area (Å²) in [4.78, 5) is 26.2. The van der Waals surface area contributed by atoms with Gasteiger partial charge in [-0.05, 0) is 25.0 Å². The summed E-state index contributed by atoms with van der Waals surface area (Å²) in [6, 6.07) is 9.25. The average Bonchev–Trinajstić information content (AvgIpc) is 3.02. The zero-order valence-electron chi connectivity index (χ0n) is 11.3. The van der Waals surface area contributed by atoms with Crippen molar-refractivity contribution < 1.29 is 9.59 Å². The van der Waals surface area contributed by atoms with E-state index in [9.17, 15) is 9.59 Å². The van der Waals surface area contributed by atoms with Gasteiger partial charge >= 0.3 is 0 Å². The summed E-state index contributed by atoms with van der Waals surface area (Å²) >= 11 is 0. The van der Waals surface area contributed by atoms with Crippen molar-refractivity contribution >= 4 is 23.2 Å². The van der Waals surface area contributed by atoms with Gasteiger partial charge in [-0.15, -0.1) is 0 Å². The molecule has 1 aromatic rings. The number of rotatable bonds is 2. The second kappa shape index (κ2) is 5.45. The van der Waals surface area contributed by atoms with Crippen molar-refractivity contribution in [2.75, 3.05) is 18.1 Å². The number of anilines is 1. The first-order chi connectivity index (χ1) is 9.75. The molecular formula is C15H17N3O2. The van der Waals surface area contributed by atoms with Crippen LogP contribution in [0.1, 0.15) is 25.7 Å². The minimum Gasteiger partial charge on any atom is -0.338 e. The molecule has 5 heteroatoms. The molecule has 3 rings (SSSR count). The molecule has 2 amide bonds. The molecule has 0 aromatic heterocycles. The Labute approximate surface area is 117 Å². The quantitative estimate of drug-likeness (QED) is 0.823. The minimum absolute atomic E-state index is 0.0177. The van der Waals surface area contributed by atoms with Crippen LogP contribution in [0, 0.1) is 0 Å². The highest BCUT2D eigenvalue weighted by molar-refractivity contribution is 6.40. The Balaban J connectivity index is 1.85. The summed E-state index contributed by atoms with van der Waals surface area (Å²) in [7, 11) is 0. The van der Waals surface area contributed by atoms with Gasteiger partial charge in [-0.2, -0.15) is 5.10 Å². The molecule has 0 atom stereocenters. The molecule has 2 aliphatic rings. The standard InChI is InChI=1S/C15H17N3O2/c19-14-9-8-13(15(20)17-10-4-5-11-17)16-18(14)12-6-2-1-3-7-12/h1-3,6-7H,4-5,8-11H2. The topological polar surface area (TPSA) is 53.0 Å². The fraction of sp³-hybridized carbons (Fsp3) is 0.400. The molecule has 1 aromatic carbocycles.